The SMILES string of the molecule is CC(C)C(C)NC(=O)N1CCOCC1C(=O)O. The summed E-state index contributed by atoms with van der Waals surface area (Å²) in [6.07, 6.45) is 0. The van der Waals surface area contributed by atoms with E-state index in [9.17, 15) is 9.59 Å². The van der Waals surface area contributed by atoms with E-state index in [1.54, 1.807) is 0 Å². The molecular formula is C11H20N2O4. The topological polar surface area (TPSA) is 78.9 Å². The maximum Gasteiger partial charge on any atom is 0.328 e. The van der Waals surface area contributed by atoms with Gasteiger partial charge in [-0.05, 0) is 12.8 Å². The Balaban J connectivity index is 2.62. The van der Waals surface area contributed by atoms with Gasteiger partial charge in [-0.15, -0.1) is 0 Å². The lowest BCUT2D eigenvalue weighted by Gasteiger charge is -2.34. The first-order valence-corrected chi connectivity index (χ1v) is 5.81. The van der Waals surface area contributed by atoms with Crippen molar-refractivity contribution in [1.29, 1.82) is 0 Å². The fourth-order valence-corrected chi connectivity index (χ4v) is 1.50. The largest absolute Gasteiger partial charge is 0.480 e. The third kappa shape index (κ3) is 3.59. The van der Waals surface area contributed by atoms with Gasteiger partial charge in [0.15, 0.2) is 6.04 Å². The molecule has 0 aromatic heterocycles. The van der Waals surface area contributed by atoms with Crippen LogP contribution in [0.2, 0.25) is 0 Å². The van der Waals surface area contributed by atoms with Crippen molar-refractivity contribution in [2.24, 2.45) is 5.92 Å². The Bertz CT molecular complexity index is 293. The van der Waals surface area contributed by atoms with Crippen LogP contribution < -0.4 is 5.32 Å². The molecule has 0 radical (unpaired) electrons. The van der Waals surface area contributed by atoms with Gasteiger partial charge in [0.1, 0.15) is 0 Å². The minimum Gasteiger partial charge on any atom is -0.480 e. The molecule has 1 aliphatic rings. The van der Waals surface area contributed by atoms with E-state index >= 15 is 0 Å². The molecule has 0 aromatic carbocycles. The van der Waals surface area contributed by atoms with E-state index in [-0.39, 0.29) is 18.7 Å². The molecule has 1 rings (SSSR count). The van der Waals surface area contributed by atoms with Gasteiger partial charge in [-0.2, -0.15) is 0 Å². The summed E-state index contributed by atoms with van der Waals surface area (Å²) in [5.74, 6) is -0.722. The van der Waals surface area contributed by atoms with Crippen LogP contribution in [-0.4, -0.2) is 53.8 Å². The number of morpholine rings is 1. The maximum atomic E-state index is 11.9. The highest BCUT2D eigenvalue weighted by Crippen LogP contribution is 2.09. The predicted molar refractivity (Wildman–Crippen MR) is 61.8 cm³/mol. The summed E-state index contributed by atoms with van der Waals surface area (Å²) in [4.78, 5) is 24.2. The number of hydrogen-bond acceptors (Lipinski definition) is 3. The third-order valence-corrected chi connectivity index (χ3v) is 3.03. The normalized spacial score (nSPS) is 22.4. The van der Waals surface area contributed by atoms with E-state index in [2.05, 4.69) is 5.32 Å². The van der Waals surface area contributed by atoms with Gasteiger partial charge in [-0.25, -0.2) is 9.59 Å². The summed E-state index contributed by atoms with van der Waals surface area (Å²) in [6.45, 7) is 6.65. The zero-order chi connectivity index (χ0) is 13.0. The van der Waals surface area contributed by atoms with Crippen molar-refractivity contribution in [2.75, 3.05) is 19.8 Å². The summed E-state index contributed by atoms with van der Waals surface area (Å²) in [5, 5.41) is 11.8. The van der Waals surface area contributed by atoms with Crippen molar-refractivity contribution in [2.45, 2.75) is 32.9 Å². The van der Waals surface area contributed by atoms with Crippen LogP contribution in [-0.2, 0) is 9.53 Å². The van der Waals surface area contributed by atoms with Crippen molar-refractivity contribution >= 4 is 12.0 Å². The van der Waals surface area contributed by atoms with Crippen molar-refractivity contribution < 1.29 is 19.4 Å². The van der Waals surface area contributed by atoms with Gasteiger partial charge in [0, 0.05) is 12.6 Å². The van der Waals surface area contributed by atoms with Crippen LogP contribution in [0.15, 0.2) is 0 Å². The van der Waals surface area contributed by atoms with E-state index in [1.165, 1.54) is 4.90 Å². The molecule has 2 N–H and O–H groups in total. The van der Waals surface area contributed by atoms with Crippen molar-refractivity contribution in [3.63, 3.8) is 0 Å². The molecule has 0 spiro atoms. The number of rotatable bonds is 3. The highest BCUT2D eigenvalue weighted by atomic mass is 16.5. The van der Waals surface area contributed by atoms with Gasteiger partial charge in [0.2, 0.25) is 0 Å². The number of hydrogen-bond donors (Lipinski definition) is 2. The van der Waals surface area contributed by atoms with E-state index in [0.29, 0.717) is 19.1 Å². The second kappa shape index (κ2) is 5.86. The maximum absolute atomic E-state index is 11.9. The van der Waals surface area contributed by atoms with E-state index < -0.39 is 12.0 Å². The van der Waals surface area contributed by atoms with Crippen LogP contribution in [0, 0.1) is 5.92 Å². The second-order valence-corrected chi connectivity index (χ2v) is 4.60. The zero-order valence-electron chi connectivity index (χ0n) is 10.5. The first kappa shape index (κ1) is 13.8. The van der Waals surface area contributed by atoms with Gasteiger partial charge in [0.25, 0.3) is 0 Å². The van der Waals surface area contributed by atoms with Crippen molar-refractivity contribution in [1.82, 2.24) is 10.2 Å². The Morgan fingerprint density at radius 3 is 2.59 bits per heavy atom. The van der Waals surface area contributed by atoms with Crippen molar-refractivity contribution in [3.05, 3.63) is 0 Å². The van der Waals surface area contributed by atoms with Crippen LogP contribution >= 0.6 is 0 Å². The average molecular weight is 244 g/mol. The van der Waals surface area contributed by atoms with Crippen LogP contribution in [0.25, 0.3) is 0 Å². The summed E-state index contributed by atoms with van der Waals surface area (Å²) in [5.41, 5.74) is 0. The third-order valence-electron chi connectivity index (χ3n) is 3.03. The lowest BCUT2D eigenvalue weighted by atomic mass is 10.1. The monoisotopic (exact) mass is 244 g/mol. The molecule has 1 aliphatic heterocycles. The Morgan fingerprint density at radius 1 is 1.41 bits per heavy atom. The Kier molecular flexibility index (Phi) is 4.74. The fourth-order valence-electron chi connectivity index (χ4n) is 1.50. The number of carbonyl (C=O) groups excluding carboxylic acids is 1. The highest BCUT2D eigenvalue weighted by molar-refractivity contribution is 5.83. The molecule has 17 heavy (non-hydrogen) atoms. The molecule has 98 valence electrons. The fraction of sp³-hybridized carbons (Fsp3) is 0.818. The predicted octanol–water partition coefficient (Wildman–Crippen LogP) is 0.526. The Labute approximate surface area is 101 Å². The number of urea groups is 1. The molecule has 1 fully saturated rings. The molecule has 6 heteroatoms. The molecule has 2 unspecified atom stereocenters. The molecule has 6 nitrogen and oxygen atoms in total. The summed E-state index contributed by atoms with van der Waals surface area (Å²) in [7, 11) is 0. The summed E-state index contributed by atoms with van der Waals surface area (Å²) >= 11 is 0. The molecule has 0 aliphatic carbocycles. The summed E-state index contributed by atoms with van der Waals surface area (Å²) in [6, 6.07) is -1.20. The number of carbonyl (C=O) groups is 2. The number of ether oxygens (including phenoxy) is 1. The number of carboxylic acid groups (broad SMARTS) is 1. The number of nitrogens with one attached hydrogen (secondary N) is 1. The molecule has 1 heterocycles. The first-order valence-electron chi connectivity index (χ1n) is 5.81. The van der Waals surface area contributed by atoms with Crippen LogP contribution in [0.1, 0.15) is 20.8 Å². The first-order chi connectivity index (χ1) is 7.93. The molecule has 1 saturated heterocycles. The van der Waals surface area contributed by atoms with Gasteiger partial charge < -0.3 is 20.1 Å². The minimum atomic E-state index is -1.03. The molecule has 2 atom stereocenters. The molecule has 0 aromatic rings. The molecule has 0 saturated carbocycles. The smallest absolute Gasteiger partial charge is 0.328 e. The van der Waals surface area contributed by atoms with Gasteiger partial charge in [-0.1, -0.05) is 13.8 Å². The number of carboxylic acids is 1. The van der Waals surface area contributed by atoms with Gasteiger partial charge in [0.05, 0.1) is 13.2 Å². The highest BCUT2D eigenvalue weighted by Gasteiger charge is 2.33. The zero-order valence-corrected chi connectivity index (χ0v) is 10.5. The summed E-state index contributed by atoms with van der Waals surface area (Å²) < 4.78 is 5.07. The second-order valence-electron chi connectivity index (χ2n) is 4.60. The van der Waals surface area contributed by atoms with Crippen LogP contribution in [0.3, 0.4) is 0 Å². The Morgan fingerprint density at radius 2 is 2.06 bits per heavy atom. The minimum absolute atomic E-state index is 0.0137. The number of aliphatic carboxylic acids is 1. The number of nitrogens with zero attached hydrogens (tertiary/aromatic N) is 1. The van der Waals surface area contributed by atoms with Crippen LogP contribution in [0.4, 0.5) is 4.79 Å². The quantitative estimate of drug-likeness (QED) is 0.759. The lowest BCUT2D eigenvalue weighted by molar-refractivity contribution is -0.147. The van der Waals surface area contributed by atoms with E-state index in [0.717, 1.165) is 0 Å². The average Bonchev–Trinajstić information content (AvgIpc) is 2.28. The molecule has 0 bridgehead atoms. The van der Waals surface area contributed by atoms with E-state index in [1.807, 2.05) is 20.8 Å². The van der Waals surface area contributed by atoms with Crippen molar-refractivity contribution in [3.8, 4) is 0 Å². The van der Waals surface area contributed by atoms with Crippen LogP contribution in [0.5, 0.6) is 0 Å². The Hall–Kier alpha value is -1.30. The molecule has 2 amide bonds. The van der Waals surface area contributed by atoms with E-state index in [4.69, 9.17) is 9.84 Å². The van der Waals surface area contributed by atoms with Gasteiger partial charge in [-0.3, -0.25) is 0 Å². The number of amides is 2. The lowest BCUT2D eigenvalue weighted by Crippen LogP contribution is -2.57. The molecular weight excluding hydrogens is 224 g/mol. The van der Waals surface area contributed by atoms with Gasteiger partial charge >= 0.3 is 12.0 Å². The standard InChI is InChI=1S/C11H20N2O4/c1-7(2)8(3)12-11(16)13-4-5-17-6-9(13)10(14)15/h7-9H,4-6H2,1-3H3,(H,12,16)(H,14,15).